The zero-order valence-electron chi connectivity index (χ0n) is 11.1. The van der Waals surface area contributed by atoms with Gasteiger partial charge in [0.05, 0.1) is 12.5 Å². The smallest absolute Gasteiger partial charge is 0.330 e. The number of aromatic amines is 1. The first-order valence-corrected chi connectivity index (χ1v) is 6.26. The number of nitrogens with one attached hydrogen (secondary N) is 1. The molecule has 0 aliphatic carbocycles. The van der Waals surface area contributed by atoms with E-state index in [0.717, 1.165) is 12.3 Å². The van der Waals surface area contributed by atoms with Gasteiger partial charge in [-0.3, -0.25) is 14.3 Å². The van der Waals surface area contributed by atoms with E-state index in [1.807, 2.05) is 4.98 Å². The zero-order chi connectivity index (χ0) is 15.1. The molecular formula is C12H16F2N2O4. The molecule has 0 saturated carbocycles. The largest absolute Gasteiger partial charge is 0.393 e. The molecule has 2 N–H and O–H groups in total. The Morgan fingerprint density at radius 2 is 2.15 bits per heavy atom. The van der Waals surface area contributed by atoms with Crippen molar-refractivity contribution in [2.24, 2.45) is 5.92 Å². The Kier molecular flexibility index (Phi) is 3.55. The number of halogens is 2. The Hall–Kier alpha value is -1.54. The van der Waals surface area contributed by atoms with Crippen molar-refractivity contribution in [2.75, 3.05) is 6.61 Å². The molecule has 8 heteroatoms. The van der Waals surface area contributed by atoms with E-state index >= 15 is 0 Å². The van der Waals surface area contributed by atoms with E-state index in [1.165, 1.54) is 6.92 Å². The van der Waals surface area contributed by atoms with Crippen LogP contribution in [-0.2, 0) is 4.74 Å². The van der Waals surface area contributed by atoms with Gasteiger partial charge in [0, 0.05) is 12.3 Å². The van der Waals surface area contributed by atoms with Crippen LogP contribution in [0.15, 0.2) is 21.9 Å². The molecule has 20 heavy (non-hydrogen) atoms. The summed E-state index contributed by atoms with van der Waals surface area (Å²) in [6.07, 6.45) is -0.710. The molecule has 0 radical (unpaired) electrons. The lowest BCUT2D eigenvalue weighted by Gasteiger charge is -2.29. The number of hydrogen-bond acceptors (Lipinski definition) is 4. The van der Waals surface area contributed by atoms with Crippen molar-refractivity contribution in [1.29, 1.82) is 0 Å². The van der Waals surface area contributed by atoms with Gasteiger partial charge in [-0.1, -0.05) is 13.8 Å². The van der Waals surface area contributed by atoms with Gasteiger partial charge in [-0.05, 0) is 6.42 Å². The summed E-state index contributed by atoms with van der Waals surface area (Å²) in [5, 5.41) is 9.39. The van der Waals surface area contributed by atoms with E-state index in [9.17, 15) is 23.5 Å². The Bertz CT molecular complexity index is 606. The SMILES string of the molecule is CC[C@@]1(CO)O[C@@H](n2ccc(=O)[nH]c2=O)C(F)(F)[C@@H]1C. The van der Waals surface area contributed by atoms with Crippen LogP contribution < -0.4 is 11.2 Å². The summed E-state index contributed by atoms with van der Waals surface area (Å²) in [4.78, 5) is 24.5. The number of aliphatic hydroxyl groups excluding tert-OH is 1. The monoisotopic (exact) mass is 290 g/mol. The van der Waals surface area contributed by atoms with Crippen LogP contribution in [0.5, 0.6) is 0 Å². The minimum atomic E-state index is -3.35. The Morgan fingerprint density at radius 3 is 2.60 bits per heavy atom. The minimum absolute atomic E-state index is 0.175. The maximum atomic E-state index is 14.3. The van der Waals surface area contributed by atoms with Crippen LogP contribution in [0.2, 0.25) is 0 Å². The van der Waals surface area contributed by atoms with Crippen LogP contribution in [0.1, 0.15) is 26.5 Å². The lowest BCUT2D eigenvalue weighted by atomic mass is 9.85. The van der Waals surface area contributed by atoms with Crippen LogP contribution in [0.3, 0.4) is 0 Å². The molecule has 0 amide bonds. The lowest BCUT2D eigenvalue weighted by molar-refractivity contribution is -0.145. The normalized spacial score (nSPS) is 32.5. The molecule has 1 fully saturated rings. The fraction of sp³-hybridized carbons (Fsp3) is 0.667. The van der Waals surface area contributed by atoms with Gasteiger partial charge in [0.15, 0.2) is 0 Å². The molecule has 1 aliphatic heterocycles. The highest BCUT2D eigenvalue weighted by Gasteiger charge is 2.64. The van der Waals surface area contributed by atoms with E-state index in [2.05, 4.69) is 0 Å². The van der Waals surface area contributed by atoms with E-state index in [4.69, 9.17) is 4.74 Å². The van der Waals surface area contributed by atoms with E-state index in [1.54, 1.807) is 6.92 Å². The minimum Gasteiger partial charge on any atom is -0.393 e. The van der Waals surface area contributed by atoms with Gasteiger partial charge in [0.1, 0.15) is 5.60 Å². The molecule has 1 saturated heterocycles. The summed E-state index contributed by atoms with van der Waals surface area (Å²) >= 11 is 0. The van der Waals surface area contributed by atoms with Gasteiger partial charge in [-0.15, -0.1) is 0 Å². The van der Waals surface area contributed by atoms with E-state index in [0.29, 0.717) is 4.57 Å². The van der Waals surface area contributed by atoms with Crippen molar-refractivity contribution in [3.63, 3.8) is 0 Å². The van der Waals surface area contributed by atoms with Gasteiger partial charge in [-0.2, -0.15) is 0 Å². The topological polar surface area (TPSA) is 84.3 Å². The first-order valence-electron chi connectivity index (χ1n) is 6.26. The molecule has 0 unspecified atom stereocenters. The van der Waals surface area contributed by atoms with Crippen molar-refractivity contribution < 1.29 is 18.6 Å². The Balaban J connectivity index is 2.52. The zero-order valence-corrected chi connectivity index (χ0v) is 11.1. The third-order valence-corrected chi connectivity index (χ3v) is 4.01. The number of hydrogen-bond donors (Lipinski definition) is 2. The van der Waals surface area contributed by atoms with Gasteiger partial charge in [0.2, 0.25) is 6.23 Å². The molecule has 6 nitrogen and oxygen atoms in total. The van der Waals surface area contributed by atoms with Gasteiger partial charge in [-0.25, -0.2) is 13.6 Å². The molecule has 112 valence electrons. The first-order chi connectivity index (χ1) is 9.28. The van der Waals surface area contributed by atoms with Crippen LogP contribution in [0, 0.1) is 5.92 Å². The number of aromatic nitrogens is 2. The highest BCUT2D eigenvalue weighted by molar-refractivity contribution is 5.03. The van der Waals surface area contributed by atoms with Gasteiger partial charge < -0.3 is 9.84 Å². The molecule has 2 heterocycles. The van der Waals surface area contributed by atoms with Crippen LogP contribution in [0.25, 0.3) is 0 Å². The number of H-pyrrole nitrogens is 1. The van der Waals surface area contributed by atoms with Crippen molar-refractivity contribution in [3.8, 4) is 0 Å². The standard InChI is InChI=1S/C12H16F2N2O4/c1-3-11(6-17)7(2)12(13,14)9(20-11)16-5-4-8(18)15-10(16)19/h4-5,7,9,17H,3,6H2,1-2H3,(H,15,18,19)/t7-,9-,11+/m1/s1. The second kappa shape index (κ2) is 4.78. The highest BCUT2D eigenvalue weighted by atomic mass is 19.3. The molecule has 0 bridgehead atoms. The molecule has 0 spiro atoms. The summed E-state index contributed by atoms with van der Waals surface area (Å²) in [6.45, 7) is 2.33. The second-order valence-corrected chi connectivity index (χ2v) is 4.96. The maximum absolute atomic E-state index is 14.3. The first kappa shape index (κ1) is 14.9. The lowest BCUT2D eigenvalue weighted by Crippen LogP contribution is -2.42. The summed E-state index contributed by atoms with van der Waals surface area (Å²) < 4.78 is 34.7. The summed E-state index contributed by atoms with van der Waals surface area (Å²) in [5.74, 6) is -4.62. The fourth-order valence-electron chi connectivity index (χ4n) is 2.50. The molecule has 0 aromatic carbocycles. The van der Waals surface area contributed by atoms with Gasteiger partial charge >= 0.3 is 5.69 Å². The molecule has 1 aromatic heterocycles. The number of alkyl halides is 2. The molecule has 3 atom stereocenters. The van der Waals surface area contributed by atoms with Crippen molar-refractivity contribution in [2.45, 2.75) is 38.0 Å². The Labute approximate surface area is 113 Å². The summed E-state index contributed by atoms with van der Waals surface area (Å²) in [5.41, 5.74) is -3.06. The summed E-state index contributed by atoms with van der Waals surface area (Å²) in [7, 11) is 0. The molecule has 1 aromatic rings. The highest BCUT2D eigenvalue weighted by Crippen LogP contribution is 2.52. The van der Waals surface area contributed by atoms with Crippen molar-refractivity contribution in [1.82, 2.24) is 9.55 Å². The van der Waals surface area contributed by atoms with Crippen LogP contribution in [0.4, 0.5) is 8.78 Å². The predicted molar refractivity (Wildman–Crippen MR) is 65.7 cm³/mol. The maximum Gasteiger partial charge on any atom is 0.330 e. The van der Waals surface area contributed by atoms with E-state index in [-0.39, 0.29) is 6.42 Å². The fourth-order valence-corrected chi connectivity index (χ4v) is 2.50. The van der Waals surface area contributed by atoms with Crippen LogP contribution in [-0.4, -0.2) is 32.8 Å². The number of aliphatic hydroxyl groups is 1. The quantitative estimate of drug-likeness (QED) is 0.848. The predicted octanol–water partition coefficient (Wildman–Crippen LogP) is 0.478. The van der Waals surface area contributed by atoms with Crippen LogP contribution >= 0.6 is 0 Å². The average molecular weight is 290 g/mol. The average Bonchev–Trinajstić information content (AvgIpc) is 2.60. The number of rotatable bonds is 3. The third-order valence-electron chi connectivity index (χ3n) is 4.01. The molecule has 2 rings (SSSR count). The molecule has 1 aliphatic rings. The summed E-state index contributed by atoms with van der Waals surface area (Å²) in [6, 6.07) is 0.969. The van der Waals surface area contributed by atoms with Crippen molar-refractivity contribution >= 4 is 0 Å². The third kappa shape index (κ3) is 1.99. The number of nitrogens with zero attached hydrogens (tertiary/aromatic N) is 1. The Morgan fingerprint density at radius 1 is 1.50 bits per heavy atom. The second-order valence-electron chi connectivity index (χ2n) is 4.96. The van der Waals surface area contributed by atoms with Gasteiger partial charge in [0.25, 0.3) is 11.5 Å². The molecular weight excluding hydrogens is 274 g/mol. The van der Waals surface area contributed by atoms with Crippen molar-refractivity contribution in [3.05, 3.63) is 33.1 Å². The van der Waals surface area contributed by atoms with E-state index < -0.39 is 41.5 Å². The number of ether oxygens (including phenoxy) is 1.